The molecular weight excluding hydrogens is 318 g/mol. The van der Waals surface area contributed by atoms with Crippen LogP contribution in [0.1, 0.15) is 25.3 Å². The first-order chi connectivity index (χ1) is 11.5. The van der Waals surface area contributed by atoms with Crippen LogP contribution in [0.25, 0.3) is 0 Å². The fourth-order valence-electron chi connectivity index (χ4n) is 2.31. The number of ether oxygens (including phenoxy) is 1. The molecule has 0 unspecified atom stereocenters. The number of carbonyl (C=O) groups excluding carboxylic acids is 2. The highest BCUT2D eigenvalue weighted by atomic mass is 19.3. The number of hydrogen-bond donors (Lipinski definition) is 2. The van der Waals surface area contributed by atoms with Crippen LogP contribution in [0.2, 0.25) is 0 Å². The normalized spacial score (nSPS) is 19.0. The van der Waals surface area contributed by atoms with Crippen molar-refractivity contribution in [2.75, 3.05) is 13.2 Å². The minimum absolute atomic E-state index is 0.0131. The maximum Gasteiger partial charge on any atom is 0.272 e. The summed E-state index contributed by atoms with van der Waals surface area (Å²) < 4.78 is 29.2. The minimum Gasteiger partial charge on any atom is -0.488 e. The molecule has 0 spiro atoms. The van der Waals surface area contributed by atoms with Crippen molar-refractivity contribution in [2.45, 2.75) is 32.7 Å². The van der Waals surface area contributed by atoms with E-state index in [9.17, 15) is 18.4 Å². The van der Waals surface area contributed by atoms with E-state index >= 15 is 0 Å². The van der Waals surface area contributed by atoms with Gasteiger partial charge in [0.1, 0.15) is 12.4 Å². The molecule has 24 heavy (non-hydrogen) atoms. The molecule has 1 aromatic rings. The summed E-state index contributed by atoms with van der Waals surface area (Å²) in [5, 5.41) is 5.47. The van der Waals surface area contributed by atoms with E-state index in [1.165, 1.54) is 0 Å². The Bertz CT molecular complexity index is 581. The summed E-state index contributed by atoms with van der Waals surface area (Å²) >= 11 is 0. The molecule has 1 aliphatic rings. The van der Waals surface area contributed by atoms with Gasteiger partial charge in [0.05, 0.1) is 0 Å². The second kappa shape index (κ2) is 8.61. The predicted molar refractivity (Wildman–Crippen MR) is 84.7 cm³/mol. The molecule has 0 radical (unpaired) electrons. The van der Waals surface area contributed by atoms with Crippen molar-refractivity contribution < 1.29 is 23.1 Å². The molecule has 5 nitrogen and oxygen atoms in total. The number of nitrogens with one attached hydrogen (secondary N) is 2. The first-order valence-electron chi connectivity index (χ1n) is 8.00. The third-order valence-corrected chi connectivity index (χ3v) is 3.86. The van der Waals surface area contributed by atoms with E-state index in [1.54, 1.807) is 24.3 Å². The Morgan fingerprint density at radius 1 is 1.33 bits per heavy atom. The molecule has 1 aliphatic carbocycles. The average molecular weight is 340 g/mol. The Kier molecular flexibility index (Phi) is 6.52. The Balaban J connectivity index is 1.65. The monoisotopic (exact) mass is 340 g/mol. The highest BCUT2D eigenvalue weighted by molar-refractivity contribution is 5.82. The van der Waals surface area contributed by atoms with Crippen LogP contribution in [0.4, 0.5) is 8.78 Å². The molecule has 2 atom stereocenters. The van der Waals surface area contributed by atoms with Crippen molar-refractivity contribution in [3.63, 3.8) is 0 Å². The number of benzene rings is 1. The van der Waals surface area contributed by atoms with E-state index < -0.39 is 13.0 Å². The molecule has 0 aromatic heterocycles. The Morgan fingerprint density at radius 3 is 2.75 bits per heavy atom. The molecule has 0 saturated heterocycles. The topological polar surface area (TPSA) is 67.4 Å². The number of hydrogen-bond acceptors (Lipinski definition) is 3. The van der Waals surface area contributed by atoms with Gasteiger partial charge in [0.15, 0.2) is 0 Å². The van der Waals surface area contributed by atoms with Gasteiger partial charge in [-0.15, -0.1) is 0 Å². The van der Waals surface area contributed by atoms with E-state index in [2.05, 4.69) is 10.6 Å². The highest BCUT2D eigenvalue weighted by Gasteiger charge is 2.38. The second-order valence-electron chi connectivity index (χ2n) is 5.99. The van der Waals surface area contributed by atoms with Crippen LogP contribution in [-0.4, -0.2) is 31.4 Å². The average Bonchev–Trinajstić information content (AvgIpc) is 3.28. The van der Waals surface area contributed by atoms with Crippen molar-refractivity contribution in [1.29, 1.82) is 0 Å². The Labute approximate surface area is 139 Å². The first kappa shape index (κ1) is 18.2. The lowest BCUT2D eigenvalue weighted by Gasteiger charge is -2.09. The summed E-state index contributed by atoms with van der Waals surface area (Å²) in [5.41, 5.74) is 0.756. The zero-order chi connectivity index (χ0) is 17.5. The molecule has 1 aromatic carbocycles. The molecule has 1 fully saturated rings. The summed E-state index contributed by atoms with van der Waals surface area (Å²) in [6.45, 7) is 1.95. The molecule has 2 rings (SSSR count). The number of rotatable bonds is 9. The molecule has 7 heteroatoms. The van der Waals surface area contributed by atoms with Gasteiger partial charge in [0, 0.05) is 25.4 Å². The molecule has 2 N–H and O–H groups in total. The summed E-state index contributed by atoms with van der Waals surface area (Å²) in [4.78, 5) is 23.4. The van der Waals surface area contributed by atoms with Gasteiger partial charge in [-0.2, -0.15) is 0 Å². The zero-order valence-corrected chi connectivity index (χ0v) is 13.6. The molecule has 2 amide bonds. The van der Waals surface area contributed by atoms with Crippen LogP contribution in [-0.2, 0) is 16.1 Å². The molecule has 132 valence electrons. The zero-order valence-electron chi connectivity index (χ0n) is 13.6. The van der Waals surface area contributed by atoms with Crippen molar-refractivity contribution >= 4 is 11.8 Å². The van der Waals surface area contributed by atoms with Crippen LogP contribution in [0.15, 0.2) is 24.3 Å². The summed E-state index contributed by atoms with van der Waals surface area (Å²) in [7, 11) is 0. The van der Waals surface area contributed by atoms with Gasteiger partial charge in [-0.1, -0.05) is 19.1 Å². The number of carbonyl (C=O) groups is 2. The Hall–Kier alpha value is -2.18. The third-order valence-electron chi connectivity index (χ3n) is 3.86. The summed E-state index contributed by atoms with van der Waals surface area (Å²) in [6.07, 6.45) is -1.40. The molecule has 0 bridgehead atoms. The van der Waals surface area contributed by atoms with Crippen molar-refractivity contribution in [1.82, 2.24) is 10.6 Å². The smallest absolute Gasteiger partial charge is 0.272 e. The second-order valence-corrected chi connectivity index (χ2v) is 5.99. The highest BCUT2D eigenvalue weighted by Crippen LogP contribution is 2.37. The molecule has 1 saturated carbocycles. The number of alkyl halides is 2. The van der Waals surface area contributed by atoms with Gasteiger partial charge in [0.25, 0.3) is 6.43 Å². The van der Waals surface area contributed by atoms with Crippen molar-refractivity contribution in [3.8, 4) is 5.75 Å². The van der Waals surface area contributed by atoms with Crippen LogP contribution < -0.4 is 15.4 Å². The summed E-state index contributed by atoms with van der Waals surface area (Å²) in [6, 6.07) is 6.64. The third kappa shape index (κ3) is 6.14. The van der Waals surface area contributed by atoms with Gasteiger partial charge in [-0.05, 0) is 30.0 Å². The summed E-state index contributed by atoms with van der Waals surface area (Å²) in [5.74, 6) is 0.715. The maximum absolute atomic E-state index is 12.1. The number of amides is 2. The van der Waals surface area contributed by atoms with Crippen molar-refractivity contribution in [3.05, 3.63) is 29.8 Å². The molecule has 0 aliphatic heterocycles. The minimum atomic E-state index is -2.53. The van der Waals surface area contributed by atoms with E-state index in [-0.39, 0.29) is 30.7 Å². The van der Waals surface area contributed by atoms with E-state index in [4.69, 9.17) is 4.74 Å². The van der Waals surface area contributed by atoms with Crippen LogP contribution >= 0.6 is 0 Å². The fraction of sp³-hybridized carbons (Fsp3) is 0.529. The lowest BCUT2D eigenvalue weighted by Crippen LogP contribution is -2.31. The van der Waals surface area contributed by atoms with Gasteiger partial charge in [0.2, 0.25) is 11.8 Å². The molecular formula is C17H22F2N2O3. The van der Waals surface area contributed by atoms with Gasteiger partial charge in [-0.25, -0.2) is 8.78 Å². The van der Waals surface area contributed by atoms with E-state index in [0.717, 1.165) is 12.0 Å². The molecule has 0 heterocycles. The number of halogens is 2. The lowest BCUT2D eigenvalue weighted by molar-refractivity contribution is -0.123. The maximum atomic E-state index is 12.1. The lowest BCUT2D eigenvalue weighted by atomic mass is 10.2. The predicted octanol–water partition coefficient (Wildman–Crippen LogP) is 2.11. The SMILES string of the molecule is C[C@@H]1C[C@@H]1C(=O)NCCC(=O)NCc1cccc(OCC(F)F)c1. The first-order valence-corrected chi connectivity index (χ1v) is 8.00. The van der Waals surface area contributed by atoms with Gasteiger partial charge in [-0.3, -0.25) is 9.59 Å². The van der Waals surface area contributed by atoms with Crippen LogP contribution in [0.5, 0.6) is 5.75 Å². The standard InChI is InChI=1S/C17H22F2N2O3/c1-11-7-14(11)17(23)20-6-5-16(22)21-9-12-3-2-4-13(8-12)24-10-15(18)19/h2-4,8,11,14-15H,5-7,9-10H2,1H3,(H,20,23)(H,21,22)/t11-,14+/m1/s1. The fourth-order valence-corrected chi connectivity index (χ4v) is 2.31. The van der Waals surface area contributed by atoms with Gasteiger partial charge >= 0.3 is 0 Å². The van der Waals surface area contributed by atoms with Crippen molar-refractivity contribution in [2.24, 2.45) is 11.8 Å². The van der Waals surface area contributed by atoms with E-state index in [1.807, 2.05) is 6.92 Å². The largest absolute Gasteiger partial charge is 0.488 e. The van der Waals surface area contributed by atoms with Crippen LogP contribution in [0.3, 0.4) is 0 Å². The van der Waals surface area contributed by atoms with Gasteiger partial charge < -0.3 is 15.4 Å². The Morgan fingerprint density at radius 2 is 2.08 bits per heavy atom. The van der Waals surface area contributed by atoms with Crippen LogP contribution in [0, 0.1) is 11.8 Å². The quantitative estimate of drug-likeness (QED) is 0.723. The van der Waals surface area contributed by atoms with E-state index in [0.29, 0.717) is 18.2 Å².